The van der Waals surface area contributed by atoms with E-state index in [-0.39, 0.29) is 10.9 Å². The predicted octanol–water partition coefficient (Wildman–Crippen LogP) is 2.14. The Balaban J connectivity index is 1.75. The molecule has 0 radical (unpaired) electrons. The van der Waals surface area contributed by atoms with Crippen molar-refractivity contribution >= 4 is 10.0 Å². The van der Waals surface area contributed by atoms with Crippen molar-refractivity contribution in [3.8, 4) is 5.75 Å². The molecule has 0 aliphatic heterocycles. The monoisotopic (exact) mass is 303 g/mol. The Morgan fingerprint density at radius 2 is 1.57 bits per heavy atom. The van der Waals surface area contributed by atoms with E-state index in [0.29, 0.717) is 5.75 Å². The Bertz CT molecular complexity index is 713. The summed E-state index contributed by atoms with van der Waals surface area (Å²) in [6.45, 7) is 0. The summed E-state index contributed by atoms with van der Waals surface area (Å²) >= 11 is 0. The number of rotatable bonds is 4. The van der Waals surface area contributed by atoms with Gasteiger partial charge in [0.1, 0.15) is 5.75 Å². The minimum absolute atomic E-state index is 0.0745. The molecule has 0 saturated heterocycles. The first-order chi connectivity index (χ1) is 10.1. The van der Waals surface area contributed by atoms with Crippen molar-refractivity contribution < 1.29 is 13.2 Å². The van der Waals surface area contributed by atoms with Crippen molar-refractivity contribution in [3.05, 3.63) is 59.7 Å². The summed E-state index contributed by atoms with van der Waals surface area (Å²) < 4.78 is 32.6. The van der Waals surface area contributed by atoms with E-state index < -0.39 is 10.0 Å². The molecule has 5 heteroatoms. The van der Waals surface area contributed by atoms with Crippen LogP contribution in [0.5, 0.6) is 5.75 Å². The quantitative estimate of drug-likeness (QED) is 0.941. The van der Waals surface area contributed by atoms with Gasteiger partial charge in [-0.3, -0.25) is 0 Å². The zero-order valence-corrected chi connectivity index (χ0v) is 12.6. The molecule has 3 rings (SSSR count). The van der Waals surface area contributed by atoms with Crippen LogP contribution < -0.4 is 9.46 Å². The summed E-state index contributed by atoms with van der Waals surface area (Å²) in [7, 11) is -1.94. The summed E-state index contributed by atoms with van der Waals surface area (Å²) in [5.41, 5.74) is 2.44. The molecule has 0 unspecified atom stereocenters. The van der Waals surface area contributed by atoms with Gasteiger partial charge in [0.05, 0.1) is 12.0 Å². The molecule has 21 heavy (non-hydrogen) atoms. The Kier molecular flexibility index (Phi) is 3.69. The average Bonchev–Trinajstić information content (AvgIpc) is 2.88. The Morgan fingerprint density at radius 1 is 1.00 bits per heavy atom. The van der Waals surface area contributed by atoms with Crippen LogP contribution in [0.15, 0.2) is 53.4 Å². The number of ether oxygens (including phenoxy) is 1. The van der Waals surface area contributed by atoms with Gasteiger partial charge < -0.3 is 4.74 Å². The molecule has 0 saturated carbocycles. The predicted molar refractivity (Wildman–Crippen MR) is 81.0 cm³/mol. The highest BCUT2D eigenvalue weighted by Gasteiger charge is 2.26. The van der Waals surface area contributed by atoms with Gasteiger partial charge in [0.15, 0.2) is 0 Å². The van der Waals surface area contributed by atoms with Crippen molar-refractivity contribution in [1.82, 2.24) is 4.72 Å². The summed E-state index contributed by atoms with van der Waals surface area (Å²) in [6, 6.07) is 14.4. The lowest BCUT2D eigenvalue weighted by Gasteiger charge is -2.13. The number of fused-ring (bicyclic) bond motifs is 1. The van der Waals surface area contributed by atoms with Crippen LogP contribution in [0.1, 0.15) is 11.1 Å². The molecule has 0 atom stereocenters. The van der Waals surface area contributed by atoms with Gasteiger partial charge in [-0.15, -0.1) is 0 Å². The fourth-order valence-corrected chi connectivity index (χ4v) is 3.92. The van der Waals surface area contributed by atoms with E-state index in [1.54, 1.807) is 31.4 Å². The van der Waals surface area contributed by atoms with Gasteiger partial charge in [0.25, 0.3) is 0 Å². The molecule has 4 nitrogen and oxygen atoms in total. The molecule has 1 aliphatic rings. The second-order valence-electron chi connectivity index (χ2n) is 5.17. The highest BCUT2D eigenvalue weighted by molar-refractivity contribution is 7.89. The van der Waals surface area contributed by atoms with E-state index in [1.165, 1.54) is 11.1 Å². The van der Waals surface area contributed by atoms with Crippen LogP contribution in [-0.4, -0.2) is 21.6 Å². The van der Waals surface area contributed by atoms with Crippen molar-refractivity contribution in [2.24, 2.45) is 0 Å². The zero-order valence-electron chi connectivity index (χ0n) is 11.7. The Hall–Kier alpha value is -1.85. The molecule has 1 N–H and O–H groups in total. The molecular weight excluding hydrogens is 286 g/mol. The molecule has 0 amide bonds. The maximum Gasteiger partial charge on any atom is 0.240 e. The first-order valence-corrected chi connectivity index (χ1v) is 8.30. The second kappa shape index (κ2) is 5.50. The number of hydrogen-bond donors (Lipinski definition) is 1. The zero-order chi connectivity index (χ0) is 14.9. The average molecular weight is 303 g/mol. The SMILES string of the molecule is COc1ccc(S(=O)(=O)NC2Cc3ccccc3C2)cc1. The molecule has 2 aromatic carbocycles. The van der Waals surface area contributed by atoms with Crippen molar-refractivity contribution in [2.75, 3.05) is 7.11 Å². The van der Waals surface area contributed by atoms with Gasteiger partial charge in [-0.05, 0) is 48.2 Å². The van der Waals surface area contributed by atoms with Crippen LogP contribution >= 0.6 is 0 Å². The largest absolute Gasteiger partial charge is 0.497 e. The maximum atomic E-state index is 12.4. The van der Waals surface area contributed by atoms with Crippen molar-refractivity contribution in [2.45, 2.75) is 23.8 Å². The van der Waals surface area contributed by atoms with Crippen LogP contribution in [0.25, 0.3) is 0 Å². The number of nitrogens with one attached hydrogen (secondary N) is 1. The molecule has 110 valence electrons. The Labute approximate surface area is 124 Å². The van der Waals surface area contributed by atoms with Crippen LogP contribution in [0, 0.1) is 0 Å². The van der Waals surface area contributed by atoms with Gasteiger partial charge in [0.2, 0.25) is 10.0 Å². The van der Waals surface area contributed by atoms with Crippen LogP contribution in [0.2, 0.25) is 0 Å². The summed E-state index contributed by atoms with van der Waals surface area (Å²) in [4.78, 5) is 0.263. The highest BCUT2D eigenvalue weighted by Crippen LogP contribution is 2.23. The molecule has 0 heterocycles. The van der Waals surface area contributed by atoms with E-state index in [9.17, 15) is 8.42 Å². The number of methoxy groups -OCH3 is 1. The topological polar surface area (TPSA) is 55.4 Å². The van der Waals surface area contributed by atoms with Crippen LogP contribution in [-0.2, 0) is 22.9 Å². The van der Waals surface area contributed by atoms with E-state index in [4.69, 9.17) is 4.74 Å². The fraction of sp³-hybridized carbons (Fsp3) is 0.250. The van der Waals surface area contributed by atoms with Gasteiger partial charge in [-0.25, -0.2) is 13.1 Å². The highest BCUT2D eigenvalue weighted by atomic mass is 32.2. The molecule has 0 spiro atoms. The number of hydrogen-bond acceptors (Lipinski definition) is 3. The van der Waals surface area contributed by atoms with Crippen LogP contribution in [0.4, 0.5) is 0 Å². The van der Waals surface area contributed by atoms with Crippen LogP contribution in [0.3, 0.4) is 0 Å². The molecular formula is C16H17NO3S. The van der Waals surface area contributed by atoms with Gasteiger partial charge in [-0.1, -0.05) is 24.3 Å². The third-order valence-electron chi connectivity index (χ3n) is 3.74. The van der Waals surface area contributed by atoms with Gasteiger partial charge in [0, 0.05) is 6.04 Å². The van der Waals surface area contributed by atoms with Crippen molar-refractivity contribution in [3.63, 3.8) is 0 Å². The summed E-state index contributed by atoms with van der Waals surface area (Å²) in [6.07, 6.45) is 1.48. The molecule has 2 aromatic rings. The normalized spacial score (nSPS) is 14.9. The number of benzene rings is 2. The standard InChI is InChI=1S/C16H17NO3S/c1-20-15-6-8-16(9-7-15)21(18,19)17-14-10-12-4-2-3-5-13(12)11-14/h2-9,14,17H,10-11H2,1H3. The Morgan fingerprint density at radius 3 is 2.10 bits per heavy atom. The lowest BCUT2D eigenvalue weighted by Crippen LogP contribution is -2.35. The second-order valence-corrected chi connectivity index (χ2v) is 6.88. The smallest absolute Gasteiger partial charge is 0.240 e. The summed E-state index contributed by atoms with van der Waals surface area (Å²) in [5.74, 6) is 0.641. The fourth-order valence-electron chi connectivity index (χ4n) is 2.68. The third-order valence-corrected chi connectivity index (χ3v) is 5.28. The minimum Gasteiger partial charge on any atom is -0.497 e. The number of sulfonamides is 1. The van der Waals surface area contributed by atoms with Gasteiger partial charge in [-0.2, -0.15) is 0 Å². The first kappa shape index (κ1) is 14.1. The molecule has 1 aliphatic carbocycles. The maximum absolute atomic E-state index is 12.4. The minimum atomic E-state index is -3.49. The van der Waals surface area contributed by atoms with E-state index >= 15 is 0 Å². The summed E-state index contributed by atoms with van der Waals surface area (Å²) in [5, 5.41) is 0. The van der Waals surface area contributed by atoms with E-state index in [1.807, 2.05) is 12.1 Å². The lowest BCUT2D eigenvalue weighted by atomic mass is 10.1. The van der Waals surface area contributed by atoms with Gasteiger partial charge >= 0.3 is 0 Å². The van der Waals surface area contributed by atoms with E-state index in [0.717, 1.165) is 12.8 Å². The first-order valence-electron chi connectivity index (χ1n) is 6.81. The van der Waals surface area contributed by atoms with Crippen molar-refractivity contribution in [1.29, 1.82) is 0 Å². The third kappa shape index (κ3) is 2.94. The molecule has 0 aromatic heterocycles. The lowest BCUT2D eigenvalue weighted by molar-refractivity contribution is 0.414. The molecule has 0 bridgehead atoms. The van der Waals surface area contributed by atoms with E-state index in [2.05, 4.69) is 16.9 Å². The molecule has 0 fully saturated rings.